The molecule has 26 heavy (non-hydrogen) atoms. The number of phenolic OH excluding ortho intramolecular Hbond substituents is 1. The molecule has 1 amide bonds. The third kappa shape index (κ3) is 4.95. The number of hydrogen-bond donors (Lipinski definition) is 2. The summed E-state index contributed by atoms with van der Waals surface area (Å²) in [7, 11) is 3.29. The van der Waals surface area contributed by atoms with E-state index >= 15 is 0 Å². The van der Waals surface area contributed by atoms with Gasteiger partial charge in [-0.3, -0.25) is 14.4 Å². The van der Waals surface area contributed by atoms with E-state index in [0.29, 0.717) is 0 Å². The summed E-state index contributed by atoms with van der Waals surface area (Å²) in [6.07, 6.45) is 0. The van der Waals surface area contributed by atoms with Crippen LogP contribution in [0.5, 0.6) is 5.75 Å². The summed E-state index contributed by atoms with van der Waals surface area (Å²) in [5.74, 6) is -5.79. The van der Waals surface area contributed by atoms with Crippen molar-refractivity contribution in [2.75, 3.05) is 21.3 Å². The second-order valence-electron chi connectivity index (χ2n) is 5.40. The smallest absolute Gasteiger partial charge is 0.328 e. The highest BCUT2D eigenvalue weighted by Gasteiger charge is 2.42. The third-order valence-corrected chi connectivity index (χ3v) is 3.83. The number of carbonyl (C=O) groups is 4. The zero-order valence-electron chi connectivity index (χ0n) is 14.8. The SMILES string of the molecule is COC(=O)C(C(=O)OC)[C@H](C)[C@@H](NC(=O)c1ccc(O)cc1)C(=O)OC. The predicted octanol–water partition coefficient (Wildman–Crippen LogP) is 0.262. The van der Waals surface area contributed by atoms with Crippen LogP contribution in [-0.2, 0) is 28.6 Å². The number of ether oxygens (including phenoxy) is 3. The molecule has 1 aromatic rings. The van der Waals surface area contributed by atoms with E-state index in [0.717, 1.165) is 21.3 Å². The van der Waals surface area contributed by atoms with Crippen molar-refractivity contribution < 1.29 is 38.5 Å². The van der Waals surface area contributed by atoms with Gasteiger partial charge < -0.3 is 24.6 Å². The number of nitrogens with one attached hydrogen (secondary N) is 1. The van der Waals surface area contributed by atoms with E-state index in [1.807, 2.05) is 0 Å². The zero-order valence-corrected chi connectivity index (χ0v) is 14.8. The Balaban J connectivity index is 3.12. The number of benzene rings is 1. The molecule has 1 aromatic carbocycles. The van der Waals surface area contributed by atoms with E-state index in [1.54, 1.807) is 0 Å². The van der Waals surface area contributed by atoms with Gasteiger partial charge >= 0.3 is 17.9 Å². The summed E-state index contributed by atoms with van der Waals surface area (Å²) in [6, 6.07) is 3.99. The Bertz CT molecular complexity index is 654. The van der Waals surface area contributed by atoms with E-state index in [2.05, 4.69) is 19.5 Å². The Kier molecular flexibility index (Phi) is 7.57. The normalized spacial score (nSPS) is 12.7. The molecule has 0 aliphatic heterocycles. The highest BCUT2D eigenvalue weighted by molar-refractivity contribution is 5.99. The van der Waals surface area contributed by atoms with Gasteiger partial charge in [0.1, 0.15) is 11.8 Å². The standard InChI is InChI=1S/C17H21NO8/c1-9(12(15(21)24-2)16(22)25-3)13(17(23)26-4)18-14(20)10-5-7-11(19)8-6-10/h5-9,12-13,19H,1-4H3,(H,18,20)/t9-,13+/m0/s1. The van der Waals surface area contributed by atoms with Gasteiger partial charge in [0, 0.05) is 11.5 Å². The highest BCUT2D eigenvalue weighted by atomic mass is 16.5. The molecule has 0 aliphatic rings. The lowest BCUT2D eigenvalue weighted by Crippen LogP contribution is -2.51. The fourth-order valence-electron chi connectivity index (χ4n) is 2.34. The fourth-order valence-corrected chi connectivity index (χ4v) is 2.34. The molecule has 0 unspecified atom stereocenters. The number of esters is 3. The number of amides is 1. The summed E-state index contributed by atoms with van der Waals surface area (Å²) in [5, 5.41) is 11.7. The Morgan fingerprint density at radius 3 is 1.77 bits per heavy atom. The van der Waals surface area contributed by atoms with Crippen LogP contribution in [0.1, 0.15) is 17.3 Å². The zero-order chi connectivity index (χ0) is 19.9. The van der Waals surface area contributed by atoms with Crippen molar-refractivity contribution in [2.24, 2.45) is 11.8 Å². The van der Waals surface area contributed by atoms with Gasteiger partial charge in [-0.25, -0.2) is 4.79 Å². The molecule has 9 nitrogen and oxygen atoms in total. The maximum absolute atomic E-state index is 12.4. The molecule has 1 rings (SSSR count). The number of methoxy groups -OCH3 is 3. The van der Waals surface area contributed by atoms with Crippen molar-refractivity contribution in [3.8, 4) is 5.75 Å². The quantitative estimate of drug-likeness (QED) is 0.399. The second-order valence-corrected chi connectivity index (χ2v) is 5.40. The summed E-state index contributed by atoms with van der Waals surface area (Å²) >= 11 is 0. The first-order valence-electron chi connectivity index (χ1n) is 7.60. The van der Waals surface area contributed by atoms with Gasteiger partial charge in [-0.05, 0) is 24.3 Å². The molecule has 0 bridgehead atoms. The molecule has 0 radical (unpaired) electrons. The monoisotopic (exact) mass is 367 g/mol. The minimum atomic E-state index is -1.44. The van der Waals surface area contributed by atoms with Gasteiger partial charge in [0.2, 0.25) is 0 Å². The molecule has 0 spiro atoms. The largest absolute Gasteiger partial charge is 0.508 e. The van der Waals surface area contributed by atoms with Crippen LogP contribution >= 0.6 is 0 Å². The molecule has 9 heteroatoms. The molecule has 0 aliphatic carbocycles. The van der Waals surface area contributed by atoms with Crippen LogP contribution in [0.25, 0.3) is 0 Å². The summed E-state index contributed by atoms with van der Waals surface area (Å²) in [6.45, 7) is 1.41. The van der Waals surface area contributed by atoms with Gasteiger partial charge in [0.05, 0.1) is 21.3 Å². The predicted molar refractivity (Wildman–Crippen MR) is 88.1 cm³/mol. The minimum absolute atomic E-state index is 0.0316. The molecule has 0 saturated carbocycles. The van der Waals surface area contributed by atoms with Crippen LogP contribution in [-0.4, -0.2) is 56.3 Å². The van der Waals surface area contributed by atoms with Crippen molar-refractivity contribution in [1.82, 2.24) is 5.32 Å². The van der Waals surface area contributed by atoms with Crippen LogP contribution in [0, 0.1) is 11.8 Å². The van der Waals surface area contributed by atoms with Gasteiger partial charge in [0.15, 0.2) is 5.92 Å². The first-order valence-corrected chi connectivity index (χ1v) is 7.60. The van der Waals surface area contributed by atoms with Crippen molar-refractivity contribution in [3.63, 3.8) is 0 Å². The molecule has 0 aromatic heterocycles. The first kappa shape index (κ1) is 20.9. The Labute approximate surface area is 150 Å². The molecule has 0 saturated heterocycles. The Morgan fingerprint density at radius 2 is 1.35 bits per heavy atom. The first-order chi connectivity index (χ1) is 12.3. The number of rotatable bonds is 7. The molecule has 2 N–H and O–H groups in total. The van der Waals surface area contributed by atoms with Crippen LogP contribution in [0.4, 0.5) is 0 Å². The van der Waals surface area contributed by atoms with E-state index in [9.17, 15) is 24.3 Å². The van der Waals surface area contributed by atoms with E-state index in [4.69, 9.17) is 0 Å². The van der Waals surface area contributed by atoms with E-state index in [1.165, 1.54) is 31.2 Å². The second kappa shape index (κ2) is 9.40. The molecular weight excluding hydrogens is 346 g/mol. The van der Waals surface area contributed by atoms with E-state index < -0.39 is 41.7 Å². The van der Waals surface area contributed by atoms with Crippen molar-refractivity contribution in [2.45, 2.75) is 13.0 Å². The summed E-state index contributed by atoms with van der Waals surface area (Å²) < 4.78 is 13.8. The van der Waals surface area contributed by atoms with Gasteiger partial charge in [-0.1, -0.05) is 6.92 Å². The number of hydrogen-bond acceptors (Lipinski definition) is 8. The number of phenols is 1. The van der Waals surface area contributed by atoms with Crippen LogP contribution in [0.3, 0.4) is 0 Å². The maximum atomic E-state index is 12.4. The average Bonchev–Trinajstić information content (AvgIpc) is 2.65. The third-order valence-electron chi connectivity index (χ3n) is 3.83. The van der Waals surface area contributed by atoms with Crippen molar-refractivity contribution in [3.05, 3.63) is 29.8 Å². The van der Waals surface area contributed by atoms with Crippen LogP contribution < -0.4 is 5.32 Å². The average molecular weight is 367 g/mol. The lowest BCUT2D eigenvalue weighted by molar-refractivity contribution is -0.162. The number of aromatic hydroxyl groups is 1. The Hall–Kier alpha value is -3.10. The van der Waals surface area contributed by atoms with Crippen molar-refractivity contribution >= 4 is 23.8 Å². The Morgan fingerprint density at radius 1 is 0.885 bits per heavy atom. The lowest BCUT2D eigenvalue weighted by Gasteiger charge is -2.27. The molecule has 142 valence electrons. The highest BCUT2D eigenvalue weighted by Crippen LogP contribution is 2.21. The molecule has 2 atom stereocenters. The van der Waals surface area contributed by atoms with Gasteiger partial charge in [-0.15, -0.1) is 0 Å². The lowest BCUT2D eigenvalue weighted by atomic mass is 9.87. The molecule has 0 fully saturated rings. The van der Waals surface area contributed by atoms with Gasteiger partial charge in [-0.2, -0.15) is 0 Å². The topological polar surface area (TPSA) is 128 Å². The van der Waals surface area contributed by atoms with Crippen molar-refractivity contribution in [1.29, 1.82) is 0 Å². The van der Waals surface area contributed by atoms with Crippen LogP contribution in [0.15, 0.2) is 24.3 Å². The molecular formula is C17H21NO8. The maximum Gasteiger partial charge on any atom is 0.328 e. The number of carbonyl (C=O) groups excluding carboxylic acids is 4. The fraction of sp³-hybridized carbons (Fsp3) is 0.412. The van der Waals surface area contributed by atoms with Crippen LogP contribution in [0.2, 0.25) is 0 Å². The summed E-state index contributed by atoms with van der Waals surface area (Å²) in [5.41, 5.74) is 0.164. The minimum Gasteiger partial charge on any atom is -0.508 e. The summed E-state index contributed by atoms with van der Waals surface area (Å²) in [4.78, 5) is 48.4. The van der Waals surface area contributed by atoms with Gasteiger partial charge in [0.25, 0.3) is 5.91 Å². The molecule has 0 heterocycles. The van der Waals surface area contributed by atoms with E-state index in [-0.39, 0.29) is 11.3 Å².